The van der Waals surface area contributed by atoms with Gasteiger partial charge in [0, 0.05) is 25.5 Å². The van der Waals surface area contributed by atoms with E-state index in [2.05, 4.69) is 17.1 Å². The van der Waals surface area contributed by atoms with E-state index >= 15 is 0 Å². The summed E-state index contributed by atoms with van der Waals surface area (Å²) in [6.45, 7) is 2.07. The molecule has 2 nitrogen and oxygen atoms in total. The van der Waals surface area contributed by atoms with Gasteiger partial charge in [0.25, 0.3) is 0 Å². The van der Waals surface area contributed by atoms with E-state index in [0.29, 0.717) is 0 Å². The van der Waals surface area contributed by atoms with Crippen LogP contribution in [0.15, 0.2) is 0 Å². The second-order valence-corrected chi connectivity index (χ2v) is 4.36. The van der Waals surface area contributed by atoms with E-state index in [1.807, 2.05) is 0 Å². The topological polar surface area (TPSA) is 21.3 Å². The first-order chi connectivity index (χ1) is 5.93. The van der Waals surface area contributed by atoms with Gasteiger partial charge in [-0.15, -0.1) is 0 Å². The van der Waals surface area contributed by atoms with Crippen LogP contribution in [0.2, 0.25) is 0 Å². The van der Waals surface area contributed by atoms with Crippen LogP contribution in [0.1, 0.15) is 19.3 Å². The highest BCUT2D eigenvalue weighted by Crippen LogP contribution is 2.16. The van der Waals surface area contributed by atoms with E-state index in [9.17, 15) is 0 Å². The average Bonchev–Trinajstić information content (AvgIpc) is 2.57. The number of thioether (sulfide) groups is 1. The maximum Gasteiger partial charge on any atom is 0.0462 e. The number of nitrogens with one attached hydrogen (secondary N) is 1. The molecule has 1 heterocycles. The standard InChI is InChI=1S/C9H19NOS/c1-11-6-3-2-5-10-9-4-7-12-8-9/h9-10H,2-8H2,1H3. The van der Waals surface area contributed by atoms with Gasteiger partial charge in [-0.1, -0.05) is 0 Å². The van der Waals surface area contributed by atoms with Crippen molar-refractivity contribution < 1.29 is 4.74 Å². The molecule has 0 radical (unpaired) electrons. The highest BCUT2D eigenvalue weighted by atomic mass is 32.2. The van der Waals surface area contributed by atoms with Crippen molar-refractivity contribution in [1.29, 1.82) is 0 Å². The molecule has 12 heavy (non-hydrogen) atoms. The molecule has 0 saturated carbocycles. The molecule has 0 amide bonds. The predicted octanol–water partition coefficient (Wildman–Crippen LogP) is 1.51. The van der Waals surface area contributed by atoms with Crippen LogP contribution in [0.25, 0.3) is 0 Å². The molecular formula is C9H19NOS. The molecule has 0 aromatic rings. The van der Waals surface area contributed by atoms with Crippen molar-refractivity contribution in [2.45, 2.75) is 25.3 Å². The minimum absolute atomic E-state index is 0.789. The first kappa shape index (κ1) is 10.4. The maximum absolute atomic E-state index is 4.98. The molecule has 1 fully saturated rings. The average molecular weight is 189 g/mol. The summed E-state index contributed by atoms with van der Waals surface area (Å²) in [5.41, 5.74) is 0. The second kappa shape index (κ2) is 6.75. The molecule has 1 rings (SSSR count). The van der Waals surface area contributed by atoms with E-state index in [1.54, 1.807) is 7.11 Å². The van der Waals surface area contributed by atoms with E-state index in [1.165, 1.54) is 30.8 Å². The summed E-state index contributed by atoms with van der Waals surface area (Å²) in [6.07, 6.45) is 3.79. The minimum Gasteiger partial charge on any atom is -0.385 e. The summed E-state index contributed by atoms with van der Waals surface area (Å²) in [4.78, 5) is 0. The van der Waals surface area contributed by atoms with Gasteiger partial charge in [0.1, 0.15) is 0 Å². The fourth-order valence-corrected chi connectivity index (χ4v) is 2.56. The van der Waals surface area contributed by atoms with Gasteiger partial charge >= 0.3 is 0 Å². The Kier molecular flexibility index (Phi) is 5.82. The molecular weight excluding hydrogens is 170 g/mol. The van der Waals surface area contributed by atoms with Crippen molar-refractivity contribution in [1.82, 2.24) is 5.32 Å². The molecule has 0 aromatic heterocycles. The lowest BCUT2D eigenvalue weighted by atomic mass is 10.2. The number of hydrogen-bond acceptors (Lipinski definition) is 3. The van der Waals surface area contributed by atoms with Gasteiger partial charge in [-0.3, -0.25) is 0 Å². The monoisotopic (exact) mass is 189 g/mol. The van der Waals surface area contributed by atoms with Crippen LogP contribution in [-0.2, 0) is 4.74 Å². The SMILES string of the molecule is COCCCCNC1CCSC1. The van der Waals surface area contributed by atoms with Gasteiger partial charge in [-0.2, -0.15) is 11.8 Å². The van der Waals surface area contributed by atoms with Crippen LogP contribution < -0.4 is 5.32 Å². The molecule has 0 spiro atoms. The lowest BCUT2D eigenvalue weighted by molar-refractivity contribution is 0.192. The molecule has 1 atom stereocenters. The molecule has 1 unspecified atom stereocenters. The Hall–Kier alpha value is 0.270. The van der Waals surface area contributed by atoms with Crippen LogP contribution >= 0.6 is 11.8 Å². The van der Waals surface area contributed by atoms with Crippen LogP contribution in [-0.4, -0.2) is 37.8 Å². The van der Waals surface area contributed by atoms with Crippen molar-refractivity contribution in [3.05, 3.63) is 0 Å². The Morgan fingerprint density at radius 3 is 3.08 bits per heavy atom. The van der Waals surface area contributed by atoms with Crippen molar-refractivity contribution >= 4 is 11.8 Å². The summed E-state index contributed by atoms with van der Waals surface area (Å²) in [7, 11) is 1.76. The summed E-state index contributed by atoms with van der Waals surface area (Å²) in [5, 5.41) is 3.56. The quantitative estimate of drug-likeness (QED) is 0.640. The van der Waals surface area contributed by atoms with Gasteiger partial charge in [-0.05, 0) is 31.6 Å². The summed E-state index contributed by atoms with van der Waals surface area (Å²) < 4.78 is 4.98. The zero-order chi connectivity index (χ0) is 8.65. The van der Waals surface area contributed by atoms with Gasteiger partial charge in [0.05, 0.1) is 0 Å². The predicted molar refractivity (Wildman–Crippen MR) is 54.8 cm³/mol. The van der Waals surface area contributed by atoms with E-state index < -0.39 is 0 Å². The Morgan fingerprint density at radius 1 is 1.50 bits per heavy atom. The summed E-state index contributed by atoms with van der Waals surface area (Å²) in [5.74, 6) is 2.65. The normalized spacial score (nSPS) is 23.2. The molecule has 3 heteroatoms. The van der Waals surface area contributed by atoms with Crippen LogP contribution in [0, 0.1) is 0 Å². The first-order valence-electron chi connectivity index (χ1n) is 4.73. The Labute approximate surface area is 79.4 Å². The van der Waals surface area contributed by atoms with Crippen LogP contribution in [0.4, 0.5) is 0 Å². The third-order valence-corrected chi connectivity index (χ3v) is 3.30. The molecule has 1 aliphatic rings. The second-order valence-electron chi connectivity index (χ2n) is 3.21. The molecule has 0 bridgehead atoms. The first-order valence-corrected chi connectivity index (χ1v) is 5.89. The number of rotatable bonds is 6. The molecule has 1 saturated heterocycles. The Balaban J connectivity index is 1.81. The smallest absolute Gasteiger partial charge is 0.0462 e. The summed E-state index contributed by atoms with van der Waals surface area (Å²) >= 11 is 2.06. The highest BCUT2D eigenvalue weighted by Gasteiger charge is 2.13. The fraction of sp³-hybridized carbons (Fsp3) is 1.00. The lowest BCUT2D eigenvalue weighted by Crippen LogP contribution is -2.29. The van der Waals surface area contributed by atoms with Gasteiger partial charge < -0.3 is 10.1 Å². The Bertz CT molecular complexity index is 105. The van der Waals surface area contributed by atoms with Crippen LogP contribution in [0.3, 0.4) is 0 Å². The van der Waals surface area contributed by atoms with E-state index in [-0.39, 0.29) is 0 Å². The highest BCUT2D eigenvalue weighted by molar-refractivity contribution is 7.99. The number of unbranched alkanes of at least 4 members (excludes halogenated alkanes) is 1. The van der Waals surface area contributed by atoms with Gasteiger partial charge in [-0.25, -0.2) is 0 Å². The molecule has 0 aliphatic carbocycles. The number of methoxy groups -OCH3 is 1. The van der Waals surface area contributed by atoms with E-state index in [4.69, 9.17) is 4.74 Å². The van der Waals surface area contributed by atoms with E-state index in [0.717, 1.165) is 19.2 Å². The minimum atomic E-state index is 0.789. The third kappa shape index (κ3) is 4.33. The molecule has 72 valence electrons. The number of ether oxygens (including phenoxy) is 1. The molecule has 1 N–H and O–H groups in total. The van der Waals surface area contributed by atoms with Crippen molar-refractivity contribution in [2.24, 2.45) is 0 Å². The zero-order valence-electron chi connectivity index (χ0n) is 7.84. The van der Waals surface area contributed by atoms with Gasteiger partial charge in [0.15, 0.2) is 0 Å². The van der Waals surface area contributed by atoms with Crippen molar-refractivity contribution in [2.75, 3.05) is 31.8 Å². The van der Waals surface area contributed by atoms with Gasteiger partial charge in [0.2, 0.25) is 0 Å². The molecule has 1 aliphatic heterocycles. The van der Waals surface area contributed by atoms with Crippen molar-refractivity contribution in [3.8, 4) is 0 Å². The Morgan fingerprint density at radius 2 is 2.42 bits per heavy atom. The summed E-state index contributed by atoms with van der Waals surface area (Å²) in [6, 6.07) is 0.789. The largest absolute Gasteiger partial charge is 0.385 e. The van der Waals surface area contributed by atoms with Crippen LogP contribution in [0.5, 0.6) is 0 Å². The zero-order valence-corrected chi connectivity index (χ0v) is 8.66. The fourth-order valence-electron chi connectivity index (χ4n) is 1.37. The molecule has 0 aromatic carbocycles. The maximum atomic E-state index is 4.98. The van der Waals surface area contributed by atoms with Crippen molar-refractivity contribution in [3.63, 3.8) is 0 Å². The number of hydrogen-bond donors (Lipinski definition) is 1. The lowest BCUT2D eigenvalue weighted by Gasteiger charge is -2.10. The third-order valence-electron chi connectivity index (χ3n) is 2.14.